The second-order valence-electron chi connectivity index (χ2n) is 10.2. The van der Waals surface area contributed by atoms with E-state index in [1.807, 2.05) is 45.7 Å². The smallest absolute Gasteiger partial charge is 0.156 e. The van der Waals surface area contributed by atoms with Gasteiger partial charge in [-0.15, -0.1) is 11.8 Å². The fourth-order valence-corrected chi connectivity index (χ4v) is 6.35. The van der Waals surface area contributed by atoms with Crippen LogP contribution in [-0.2, 0) is 19.4 Å². The van der Waals surface area contributed by atoms with Crippen molar-refractivity contribution in [1.82, 2.24) is 29.3 Å². The Bertz CT molecular complexity index is 1520. The maximum Gasteiger partial charge on any atom is 0.156 e. The zero-order valence-corrected chi connectivity index (χ0v) is 23.6. The van der Waals surface area contributed by atoms with Crippen molar-refractivity contribution in [3.05, 3.63) is 101 Å². The SMILES string of the molecule is Clc1cccc(SCCn2cc(-c3cccc4nc(Cc5ccc(CCCN6CCCC6)cc5)nn34)cn2)c1. The van der Waals surface area contributed by atoms with Gasteiger partial charge in [0.15, 0.2) is 11.5 Å². The number of hydrogen-bond acceptors (Lipinski definition) is 5. The number of halogens is 1. The summed E-state index contributed by atoms with van der Waals surface area (Å²) in [6, 6.07) is 23.1. The Balaban J connectivity index is 1.07. The number of likely N-dealkylation sites (tertiary alicyclic amines) is 1. The molecule has 0 atom stereocenters. The average Bonchev–Trinajstić information content (AvgIpc) is 3.71. The van der Waals surface area contributed by atoms with E-state index in [4.69, 9.17) is 21.7 Å². The third-order valence-electron chi connectivity index (χ3n) is 7.24. The first-order valence-corrected chi connectivity index (χ1v) is 15.1. The van der Waals surface area contributed by atoms with Gasteiger partial charge in [-0.3, -0.25) is 4.68 Å². The maximum atomic E-state index is 6.10. The summed E-state index contributed by atoms with van der Waals surface area (Å²) in [6.07, 6.45) is 9.80. The molecule has 1 aliphatic rings. The van der Waals surface area contributed by atoms with E-state index >= 15 is 0 Å². The van der Waals surface area contributed by atoms with Gasteiger partial charge in [0.1, 0.15) is 0 Å². The van der Waals surface area contributed by atoms with Crippen molar-refractivity contribution in [3.8, 4) is 11.3 Å². The van der Waals surface area contributed by atoms with Crippen LogP contribution in [0, 0.1) is 0 Å². The fourth-order valence-electron chi connectivity index (χ4n) is 5.19. The Morgan fingerprint density at radius 3 is 2.56 bits per heavy atom. The summed E-state index contributed by atoms with van der Waals surface area (Å²) in [7, 11) is 0. The highest BCUT2D eigenvalue weighted by molar-refractivity contribution is 7.99. The molecule has 0 aliphatic carbocycles. The summed E-state index contributed by atoms with van der Waals surface area (Å²) in [6.45, 7) is 4.58. The maximum absolute atomic E-state index is 6.10. The first kappa shape index (κ1) is 26.1. The molecule has 0 radical (unpaired) electrons. The van der Waals surface area contributed by atoms with Crippen LogP contribution in [0.3, 0.4) is 0 Å². The van der Waals surface area contributed by atoms with E-state index in [2.05, 4.69) is 52.6 Å². The number of fused-ring (bicyclic) bond motifs is 1. The number of pyridine rings is 1. The van der Waals surface area contributed by atoms with Gasteiger partial charge in [-0.25, -0.2) is 9.50 Å². The molecule has 1 saturated heterocycles. The molecule has 1 fully saturated rings. The van der Waals surface area contributed by atoms with Crippen molar-refractivity contribution in [3.63, 3.8) is 0 Å². The molecule has 5 aromatic rings. The Hall–Kier alpha value is -3.13. The monoisotopic (exact) mass is 556 g/mol. The van der Waals surface area contributed by atoms with Gasteiger partial charge in [-0.2, -0.15) is 10.2 Å². The third kappa shape index (κ3) is 6.72. The molecule has 1 aliphatic heterocycles. The minimum atomic E-state index is 0.717. The Labute approximate surface area is 239 Å². The van der Waals surface area contributed by atoms with Gasteiger partial charge in [-0.05, 0) is 86.8 Å². The molecular weight excluding hydrogens is 524 g/mol. The fraction of sp³-hybridized carbons (Fsp3) is 0.323. The molecule has 0 bridgehead atoms. The van der Waals surface area contributed by atoms with Gasteiger partial charge in [0.05, 0.1) is 18.4 Å². The highest BCUT2D eigenvalue weighted by atomic mass is 35.5. The van der Waals surface area contributed by atoms with Gasteiger partial charge in [0.25, 0.3) is 0 Å². The van der Waals surface area contributed by atoms with Crippen LogP contribution in [0.4, 0.5) is 0 Å². The molecule has 39 heavy (non-hydrogen) atoms. The summed E-state index contributed by atoms with van der Waals surface area (Å²) in [5.41, 5.74) is 5.52. The van der Waals surface area contributed by atoms with Gasteiger partial charge in [0.2, 0.25) is 0 Å². The topological polar surface area (TPSA) is 51.2 Å². The van der Waals surface area contributed by atoms with E-state index in [1.54, 1.807) is 11.8 Å². The van der Waals surface area contributed by atoms with Crippen molar-refractivity contribution >= 4 is 29.0 Å². The molecule has 2 aromatic carbocycles. The van der Waals surface area contributed by atoms with Gasteiger partial charge in [-0.1, -0.05) is 48.0 Å². The first-order chi connectivity index (χ1) is 19.2. The lowest BCUT2D eigenvalue weighted by atomic mass is 10.1. The van der Waals surface area contributed by atoms with Crippen LogP contribution in [0.1, 0.15) is 36.2 Å². The molecule has 8 heteroatoms. The molecule has 0 amide bonds. The van der Waals surface area contributed by atoms with Crippen molar-refractivity contribution in [2.24, 2.45) is 0 Å². The molecule has 4 heterocycles. The lowest BCUT2D eigenvalue weighted by Gasteiger charge is -2.13. The number of benzene rings is 2. The minimum Gasteiger partial charge on any atom is -0.303 e. The largest absolute Gasteiger partial charge is 0.303 e. The molecule has 0 spiro atoms. The summed E-state index contributed by atoms with van der Waals surface area (Å²) in [5.74, 6) is 1.74. The second kappa shape index (κ2) is 12.4. The van der Waals surface area contributed by atoms with Crippen LogP contribution in [0.5, 0.6) is 0 Å². The van der Waals surface area contributed by atoms with E-state index in [-0.39, 0.29) is 0 Å². The second-order valence-corrected chi connectivity index (χ2v) is 11.8. The van der Waals surface area contributed by atoms with Crippen LogP contribution in [0.15, 0.2) is 84.0 Å². The average molecular weight is 557 g/mol. The van der Waals surface area contributed by atoms with E-state index in [0.717, 1.165) is 52.9 Å². The minimum absolute atomic E-state index is 0.717. The predicted octanol–water partition coefficient (Wildman–Crippen LogP) is 6.66. The number of hydrogen-bond donors (Lipinski definition) is 0. The Morgan fingerprint density at radius 1 is 0.897 bits per heavy atom. The van der Waals surface area contributed by atoms with Crippen LogP contribution >= 0.6 is 23.4 Å². The molecule has 0 N–H and O–H groups in total. The molecule has 3 aromatic heterocycles. The summed E-state index contributed by atoms with van der Waals surface area (Å²) in [5, 5.41) is 10.2. The number of thioether (sulfide) groups is 1. The van der Waals surface area contributed by atoms with Crippen LogP contribution < -0.4 is 0 Å². The zero-order valence-electron chi connectivity index (χ0n) is 22.0. The van der Waals surface area contributed by atoms with Crippen molar-refractivity contribution in [1.29, 1.82) is 0 Å². The molecule has 0 saturated carbocycles. The Kier molecular flexibility index (Phi) is 8.28. The Morgan fingerprint density at radius 2 is 1.72 bits per heavy atom. The van der Waals surface area contributed by atoms with Crippen molar-refractivity contribution in [2.45, 2.75) is 43.5 Å². The van der Waals surface area contributed by atoms with Crippen molar-refractivity contribution in [2.75, 3.05) is 25.4 Å². The van der Waals surface area contributed by atoms with E-state index in [1.165, 1.54) is 54.9 Å². The van der Waals surface area contributed by atoms with Crippen molar-refractivity contribution < 1.29 is 0 Å². The number of aromatic nitrogens is 5. The highest BCUT2D eigenvalue weighted by Gasteiger charge is 2.12. The molecule has 0 unspecified atom stereocenters. The predicted molar refractivity (Wildman–Crippen MR) is 160 cm³/mol. The molecule has 6 rings (SSSR count). The highest BCUT2D eigenvalue weighted by Crippen LogP contribution is 2.23. The number of aryl methyl sites for hydroxylation is 2. The molecule has 6 nitrogen and oxygen atoms in total. The van der Waals surface area contributed by atoms with Gasteiger partial charge >= 0.3 is 0 Å². The van der Waals surface area contributed by atoms with Crippen LogP contribution in [0.2, 0.25) is 5.02 Å². The lowest BCUT2D eigenvalue weighted by Crippen LogP contribution is -2.20. The van der Waals surface area contributed by atoms with Crippen LogP contribution in [0.25, 0.3) is 16.9 Å². The number of nitrogens with zero attached hydrogens (tertiary/aromatic N) is 6. The van der Waals surface area contributed by atoms with Gasteiger partial charge < -0.3 is 4.90 Å². The lowest BCUT2D eigenvalue weighted by molar-refractivity contribution is 0.334. The molecule has 200 valence electrons. The first-order valence-electron chi connectivity index (χ1n) is 13.8. The molecular formula is C31H33ClN6S. The van der Waals surface area contributed by atoms with Gasteiger partial charge in [0, 0.05) is 33.9 Å². The summed E-state index contributed by atoms with van der Waals surface area (Å²) in [4.78, 5) is 8.57. The normalized spacial score (nSPS) is 14.0. The van der Waals surface area contributed by atoms with E-state index in [0.29, 0.717) is 0 Å². The van der Waals surface area contributed by atoms with E-state index in [9.17, 15) is 0 Å². The zero-order chi connectivity index (χ0) is 26.4. The quantitative estimate of drug-likeness (QED) is 0.170. The summed E-state index contributed by atoms with van der Waals surface area (Å²) >= 11 is 7.88. The van der Waals surface area contributed by atoms with E-state index < -0.39 is 0 Å². The van der Waals surface area contributed by atoms with Crippen LogP contribution in [-0.4, -0.2) is 54.7 Å². The standard InChI is InChI=1S/C31H33ClN6S/c32-27-7-3-8-28(21-27)39-19-18-37-23-26(22-33-37)29-9-4-10-31-34-30(35-38(29)31)20-25-13-11-24(12-14-25)6-5-17-36-15-1-2-16-36/h3-4,7-14,21-23H,1-2,5-6,15-20H2. The number of rotatable bonds is 11. The summed E-state index contributed by atoms with van der Waals surface area (Å²) < 4.78 is 3.92. The third-order valence-corrected chi connectivity index (χ3v) is 8.45.